The van der Waals surface area contributed by atoms with Gasteiger partial charge in [0.1, 0.15) is 35.9 Å². The highest BCUT2D eigenvalue weighted by Crippen LogP contribution is 2.20. The van der Waals surface area contributed by atoms with Crippen molar-refractivity contribution in [3.8, 4) is 11.5 Å². The molecule has 4 aromatic rings. The first-order valence-corrected chi connectivity index (χ1v) is 28.3. The maximum Gasteiger partial charge on any atom is 0.414 e. The lowest BCUT2D eigenvalue weighted by atomic mass is 10.1. The molecule has 0 spiro atoms. The number of hydrogen-bond acceptors (Lipinski definition) is 23. The van der Waals surface area contributed by atoms with E-state index in [-0.39, 0.29) is 76.0 Å². The fraction of sp³-hybridized carbons (Fsp3) is 0.509. The van der Waals surface area contributed by atoms with Crippen molar-refractivity contribution in [1.29, 1.82) is 0 Å². The Hall–Kier alpha value is -8.09. The summed E-state index contributed by atoms with van der Waals surface area (Å²) in [4.78, 5) is 86.9. The van der Waals surface area contributed by atoms with Crippen LogP contribution in [-0.2, 0) is 41.3 Å². The average molecular weight is 1240 g/mol. The maximum atomic E-state index is 12.9. The number of nitrogen functional groups attached to an aromatic ring is 4. The van der Waals surface area contributed by atoms with Crippen molar-refractivity contribution in [2.45, 2.75) is 91.3 Å². The first-order chi connectivity index (χ1) is 40.9. The lowest BCUT2D eigenvalue weighted by Gasteiger charge is -2.20. The van der Waals surface area contributed by atoms with Gasteiger partial charge in [0.05, 0.1) is 52.9 Å². The van der Waals surface area contributed by atoms with Gasteiger partial charge >= 0.3 is 18.2 Å². The molecule has 0 bridgehead atoms. The summed E-state index contributed by atoms with van der Waals surface area (Å²) in [6.45, 7) is 14.9. The van der Waals surface area contributed by atoms with E-state index in [2.05, 4.69) is 61.8 Å². The van der Waals surface area contributed by atoms with E-state index < -0.39 is 35.2 Å². The van der Waals surface area contributed by atoms with Gasteiger partial charge in [-0.25, -0.2) is 34.3 Å². The highest BCUT2D eigenvalue weighted by Gasteiger charge is 2.23. The number of ether oxygens (including phenoxy) is 8. The average Bonchev–Trinajstić information content (AvgIpc) is 2.99. The van der Waals surface area contributed by atoms with Crippen LogP contribution in [-0.4, -0.2) is 165 Å². The number of rotatable bonds is 32. The minimum absolute atomic E-state index is 0.132. The summed E-state index contributed by atoms with van der Waals surface area (Å²) in [5.41, 5.74) is 22.9. The van der Waals surface area contributed by atoms with E-state index in [0.29, 0.717) is 103 Å². The fourth-order valence-electron chi connectivity index (χ4n) is 6.96. The summed E-state index contributed by atoms with van der Waals surface area (Å²) in [5.74, 6) is -1.27. The van der Waals surface area contributed by atoms with E-state index in [1.54, 1.807) is 41.5 Å². The van der Waals surface area contributed by atoms with Crippen LogP contribution in [0, 0.1) is 0 Å². The summed E-state index contributed by atoms with van der Waals surface area (Å²) in [6, 6.07) is 15.1. The van der Waals surface area contributed by atoms with Gasteiger partial charge in [-0.3, -0.25) is 40.8 Å². The van der Waals surface area contributed by atoms with Gasteiger partial charge in [-0.15, -0.1) is 0 Å². The number of alkyl carbamates (subject to hydrolysis) is 2. The smallest absolute Gasteiger partial charge is 0.414 e. The third kappa shape index (κ3) is 29.6. The van der Waals surface area contributed by atoms with Crippen LogP contribution in [0.5, 0.6) is 11.5 Å². The number of benzene rings is 2. The molecule has 0 aliphatic rings. The number of nitrogens with zero attached hydrogens (tertiary/aromatic N) is 6. The molecule has 29 nitrogen and oxygen atoms in total. The predicted octanol–water partition coefficient (Wildman–Crippen LogP) is 4.99. The van der Waals surface area contributed by atoms with E-state index >= 15 is 0 Å². The molecule has 0 aliphatic carbocycles. The molecule has 4 rings (SSSR count). The number of aliphatic imine (C=N–C) groups is 2. The molecule has 6 amide bonds. The zero-order chi connectivity index (χ0) is 62.9. The van der Waals surface area contributed by atoms with Gasteiger partial charge in [-0.2, -0.15) is 0 Å². The molecule has 0 fully saturated rings. The molecule has 31 heteroatoms. The number of guanidine groups is 2. The molecule has 0 atom stereocenters. The van der Waals surface area contributed by atoms with E-state index in [9.17, 15) is 24.0 Å². The van der Waals surface area contributed by atoms with Gasteiger partial charge in [0.2, 0.25) is 11.9 Å². The van der Waals surface area contributed by atoms with Crippen LogP contribution in [0.15, 0.2) is 58.5 Å². The van der Waals surface area contributed by atoms with Crippen molar-refractivity contribution in [3.05, 3.63) is 81.4 Å². The van der Waals surface area contributed by atoms with Crippen molar-refractivity contribution in [2.75, 3.05) is 115 Å². The van der Waals surface area contributed by atoms with Crippen molar-refractivity contribution in [1.82, 2.24) is 51.8 Å². The number of urea groups is 1. The SMILES string of the molecule is CC(C)(C)OC(=O)NC(=NCCCCc1ccc(OCCOCCOCCNC(=O)NCCOCCOCCOc2ccc(CCCCN=C(NC(=O)OC(C)(C)C)NC(=O)c3nc(Cl)c(N)nc3N)cc2)cc1)NC(=O)c1nc(Cl)c(N)nc1N. The van der Waals surface area contributed by atoms with E-state index in [1.807, 2.05) is 48.5 Å². The molecule has 86 heavy (non-hydrogen) atoms. The number of nitrogens with two attached hydrogens (primary N) is 4. The summed E-state index contributed by atoms with van der Waals surface area (Å²) < 4.78 is 44.4. The number of amides is 6. The second-order valence-electron chi connectivity index (χ2n) is 20.4. The number of carbonyl (C=O) groups excluding carboxylic acids is 5. The molecule has 0 saturated carbocycles. The zero-order valence-corrected chi connectivity index (χ0v) is 50.8. The lowest BCUT2D eigenvalue weighted by Crippen LogP contribution is -2.46. The molecule has 0 unspecified atom stereocenters. The summed E-state index contributed by atoms with van der Waals surface area (Å²) >= 11 is 11.9. The number of unbranched alkanes of at least 4 members (excludes halogenated alkanes) is 2. The number of anilines is 4. The van der Waals surface area contributed by atoms with Gasteiger partial charge in [-0.05, 0) is 115 Å². The molecular formula is C55H80Cl2N16O13. The Kier molecular flexibility index (Phi) is 30.6. The third-order valence-corrected chi connectivity index (χ3v) is 11.4. The topological polar surface area (TPSA) is 412 Å². The van der Waals surface area contributed by atoms with Crippen LogP contribution in [0.1, 0.15) is 99.3 Å². The zero-order valence-electron chi connectivity index (χ0n) is 49.3. The Morgan fingerprint density at radius 3 is 1.17 bits per heavy atom. The third-order valence-electron chi connectivity index (χ3n) is 10.9. The van der Waals surface area contributed by atoms with Crippen LogP contribution in [0.4, 0.5) is 37.7 Å². The van der Waals surface area contributed by atoms with Gasteiger partial charge in [0.25, 0.3) is 11.8 Å². The monoisotopic (exact) mass is 1240 g/mol. The normalized spacial score (nSPS) is 11.8. The molecule has 0 saturated heterocycles. The van der Waals surface area contributed by atoms with Crippen LogP contribution >= 0.6 is 23.2 Å². The highest BCUT2D eigenvalue weighted by molar-refractivity contribution is 6.32. The standard InChI is InChI=1S/C55H80Cl2N16O13/c1-54(2,3)85-52(77)72-49(70-47(74)39-43(58)68-45(60)41(56)66-39)62-21-9-7-11-35-13-17-37(18-14-35)83-33-31-81-29-27-79-25-23-64-51(76)65-24-26-80-28-30-82-32-34-84-38-19-15-36(16-20-38)12-8-10-22-63-50(73-53(78)86-55(4,5)6)71-48(75)40-44(59)69-46(61)42(57)67-40/h13-20H,7-12,21-34H2,1-6H3,(H4,58,60,68)(H4,59,61,69)(H2,64,65,76)(H2,62,70,72,74,77)(H2,63,71,73,75,78). The first-order valence-electron chi connectivity index (χ1n) is 27.6. The molecule has 2 aromatic heterocycles. The van der Waals surface area contributed by atoms with Crippen LogP contribution in [0.25, 0.3) is 0 Å². The van der Waals surface area contributed by atoms with Crippen molar-refractivity contribution >= 4 is 88.4 Å². The number of halogens is 2. The fourth-order valence-corrected chi connectivity index (χ4v) is 7.21. The minimum Gasteiger partial charge on any atom is -0.491 e. The van der Waals surface area contributed by atoms with Crippen molar-refractivity contribution in [2.24, 2.45) is 9.98 Å². The Balaban J connectivity index is 0.951. The molecule has 2 heterocycles. The molecule has 472 valence electrons. The quantitative estimate of drug-likeness (QED) is 0.0175. The van der Waals surface area contributed by atoms with Gasteiger partial charge in [0.15, 0.2) is 45.0 Å². The maximum absolute atomic E-state index is 12.9. The Labute approximate surface area is 509 Å². The molecule has 0 aliphatic heterocycles. The number of aromatic nitrogens is 4. The van der Waals surface area contributed by atoms with Crippen LogP contribution in [0.2, 0.25) is 10.3 Å². The molecule has 2 aromatic carbocycles. The highest BCUT2D eigenvalue weighted by atomic mass is 35.5. The molecule has 0 radical (unpaired) electrons. The second kappa shape index (κ2) is 37.4. The largest absolute Gasteiger partial charge is 0.491 e. The van der Waals surface area contributed by atoms with E-state index in [4.69, 9.17) is 84.0 Å². The second-order valence-corrected chi connectivity index (χ2v) is 21.1. The number of nitrogens with one attached hydrogen (secondary N) is 6. The lowest BCUT2D eigenvalue weighted by molar-refractivity contribution is 0.0368. The number of hydrogen-bond donors (Lipinski definition) is 10. The summed E-state index contributed by atoms with van der Waals surface area (Å²) in [5, 5.41) is 14.9. The van der Waals surface area contributed by atoms with Crippen LogP contribution < -0.4 is 64.3 Å². The van der Waals surface area contributed by atoms with E-state index in [0.717, 1.165) is 36.8 Å². The van der Waals surface area contributed by atoms with E-state index in [1.165, 1.54) is 0 Å². The Morgan fingerprint density at radius 1 is 0.465 bits per heavy atom. The summed E-state index contributed by atoms with van der Waals surface area (Å²) in [6.07, 6.45) is 2.67. The number of carbonyl (C=O) groups is 5. The molecule has 14 N–H and O–H groups in total. The minimum atomic E-state index is -0.816. The predicted molar refractivity (Wildman–Crippen MR) is 324 cm³/mol. The van der Waals surface area contributed by atoms with Gasteiger partial charge in [-0.1, -0.05) is 47.5 Å². The summed E-state index contributed by atoms with van der Waals surface area (Å²) in [7, 11) is 0. The first kappa shape index (κ1) is 70.4. The number of aryl methyl sites for hydroxylation is 2. The van der Waals surface area contributed by atoms with Crippen molar-refractivity contribution < 1.29 is 61.9 Å². The van der Waals surface area contributed by atoms with Gasteiger partial charge < -0.3 is 71.5 Å². The Bertz CT molecular complexity index is 2670. The molecular weight excluding hydrogens is 1160 g/mol. The van der Waals surface area contributed by atoms with Gasteiger partial charge in [0, 0.05) is 26.2 Å². The van der Waals surface area contributed by atoms with Crippen molar-refractivity contribution in [3.63, 3.8) is 0 Å². The van der Waals surface area contributed by atoms with Crippen LogP contribution in [0.3, 0.4) is 0 Å². The Morgan fingerprint density at radius 2 is 0.814 bits per heavy atom.